The predicted molar refractivity (Wildman–Crippen MR) is 63.7 cm³/mol. The topological polar surface area (TPSA) is 29.1 Å². The highest BCUT2D eigenvalue weighted by atomic mass is 127. The van der Waals surface area contributed by atoms with Gasteiger partial charge in [0.25, 0.3) is 0 Å². The quantitative estimate of drug-likeness (QED) is 0.488. The van der Waals surface area contributed by atoms with Crippen LogP contribution < -0.4 is 5.32 Å². The maximum Gasteiger partial charge on any atom is 0.419 e. The fraction of sp³-hybridized carbons (Fsp3) is 0.300. The molecule has 0 aliphatic carbocycles. The molecule has 2 nitrogen and oxygen atoms in total. The third-order valence-corrected chi connectivity index (χ3v) is 2.71. The molecule has 0 bridgehead atoms. The van der Waals surface area contributed by atoms with E-state index in [0.717, 1.165) is 0 Å². The molecule has 0 fully saturated rings. The van der Waals surface area contributed by atoms with E-state index in [1.165, 1.54) is 6.92 Å². The van der Waals surface area contributed by atoms with E-state index in [4.69, 9.17) is 0 Å². The van der Waals surface area contributed by atoms with Crippen LogP contribution in [0.2, 0.25) is 0 Å². The lowest BCUT2D eigenvalue weighted by Crippen LogP contribution is -2.15. The smallest absolute Gasteiger partial charge is 0.325 e. The summed E-state index contributed by atoms with van der Waals surface area (Å²) in [4.78, 5) is 11.1. The van der Waals surface area contributed by atoms with E-state index in [2.05, 4.69) is 5.32 Å². The van der Waals surface area contributed by atoms with E-state index in [1.54, 1.807) is 22.6 Å². The first-order chi connectivity index (χ1) is 7.75. The van der Waals surface area contributed by atoms with Crippen LogP contribution in [-0.2, 0) is 11.0 Å². The molecule has 0 saturated carbocycles. The Kier molecular flexibility index (Phi) is 4.34. The molecule has 0 atom stereocenters. The summed E-state index contributed by atoms with van der Waals surface area (Å²) >= 11 is 1.79. The van der Waals surface area contributed by atoms with E-state index in [1.807, 2.05) is 0 Å². The van der Waals surface area contributed by atoms with Gasteiger partial charge in [0.15, 0.2) is 0 Å². The van der Waals surface area contributed by atoms with Crippen molar-refractivity contribution in [3.05, 3.63) is 29.1 Å². The number of hydrogen-bond acceptors (Lipinski definition) is 1. The Bertz CT molecular complexity index is 445. The van der Waals surface area contributed by atoms with Crippen molar-refractivity contribution in [1.82, 2.24) is 0 Å². The molecule has 1 aromatic carbocycles. The van der Waals surface area contributed by atoms with Crippen LogP contribution in [0.15, 0.2) is 12.1 Å². The molecule has 1 aromatic rings. The number of aryl methyl sites for hydroxylation is 1. The van der Waals surface area contributed by atoms with Crippen molar-refractivity contribution in [1.29, 1.82) is 0 Å². The number of anilines is 1. The van der Waals surface area contributed by atoms with Crippen LogP contribution in [0.4, 0.5) is 23.2 Å². The van der Waals surface area contributed by atoms with Crippen molar-refractivity contribution >= 4 is 34.2 Å². The van der Waals surface area contributed by atoms with Gasteiger partial charge in [-0.1, -0.05) is 22.6 Å². The van der Waals surface area contributed by atoms with Crippen LogP contribution in [0.1, 0.15) is 11.1 Å². The van der Waals surface area contributed by atoms with E-state index < -0.39 is 23.5 Å². The second-order valence-electron chi connectivity index (χ2n) is 3.33. The van der Waals surface area contributed by atoms with Crippen LogP contribution in [0, 0.1) is 12.7 Å². The van der Waals surface area contributed by atoms with Crippen molar-refractivity contribution < 1.29 is 22.4 Å². The molecule has 0 saturated heterocycles. The summed E-state index contributed by atoms with van der Waals surface area (Å²) in [6.45, 7) is 1.37. The average Bonchev–Trinajstić information content (AvgIpc) is 2.21. The average molecular weight is 361 g/mol. The van der Waals surface area contributed by atoms with E-state index in [9.17, 15) is 22.4 Å². The lowest BCUT2D eigenvalue weighted by Gasteiger charge is -2.12. The lowest BCUT2D eigenvalue weighted by atomic mass is 10.1. The van der Waals surface area contributed by atoms with Crippen LogP contribution in [-0.4, -0.2) is 10.3 Å². The summed E-state index contributed by atoms with van der Waals surface area (Å²) < 4.78 is 50.4. The highest BCUT2D eigenvalue weighted by Gasteiger charge is 2.34. The first-order valence-corrected chi connectivity index (χ1v) is 6.01. The second kappa shape index (κ2) is 5.19. The SMILES string of the molecule is Cc1cc(C(F)(F)F)c(F)cc1NC(=O)CI. The zero-order chi connectivity index (χ0) is 13.2. The normalized spacial score (nSPS) is 11.4. The third kappa shape index (κ3) is 3.55. The number of nitrogens with one attached hydrogen (secondary N) is 1. The van der Waals surface area contributed by atoms with Gasteiger partial charge in [0.05, 0.1) is 9.99 Å². The summed E-state index contributed by atoms with van der Waals surface area (Å²) in [5.74, 6) is -1.79. The minimum Gasteiger partial charge on any atom is -0.325 e. The number of carbonyl (C=O) groups excluding carboxylic acids is 1. The van der Waals surface area contributed by atoms with E-state index >= 15 is 0 Å². The predicted octanol–water partition coefficient (Wildman–Crippen LogP) is 3.53. The number of hydrogen-bond donors (Lipinski definition) is 1. The molecule has 0 radical (unpaired) electrons. The highest BCUT2D eigenvalue weighted by Crippen LogP contribution is 2.34. The number of alkyl halides is 4. The van der Waals surface area contributed by atoms with Gasteiger partial charge >= 0.3 is 6.18 Å². The first-order valence-electron chi connectivity index (χ1n) is 4.49. The summed E-state index contributed by atoms with van der Waals surface area (Å²) in [6, 6.07) is 1.36. The number of rotatable bonds is 2. The molecule has 17 heavy (non-hydrogen) atoms. The Morgan fingerprint density at radius 1 is 1.41 bits per heavy atom. The lowest BCUT2D eigenvalue weighted by molar-refractivity contribution is -0.140. The van der Waals surface area contributed by atoms with Gasteiger partial charge in [-0.05, 0) is 24.6 Å². The molecule has 7 heteroatoms. The van der Waals surface area contributed by atoms with Gasteiger partial charge in [-0.3, -0.25) is 4.79 Å². The van der Waals surface area contributed by atoms with Gasteiger partial charge in [-0.25, -0.2) is 4.39 Å². The summed E-state index contributed by atoms with van der Waals surface area (Å²) in [7, 11) is 0. The maximum atomic E-state index is 13.2. The van der Waals surface area contributed by atoms with Gasteiger partial charge in [0.2, 0.25) is 5.91 Å². The van der Waals surface area contributed by atoms with Gasteiger partial charge < -0.3 is 5.32 Å². The fourth-order valence-electron chi connectivity index (χ4n) is 1.22. The maximum absolute atomic E-state index is 13.2. The van der Waals surface area contributed by atoms with Crippen LogP contribution >= 0.6 is 22.6 Å². The number of halogens is 5. The van der Waals surface area contributed by atoms with Gasteiger partial charge in [0.1, 0.15) is 5.82 Å². The molecule has 1 rings (SSSR count). The minimum absolute atomic E-state index is 0.0529. The standard InChI is InChI=1S/C10H8F4INO/c1-5-2-6(10(12,13)14)7(11)3-8(5)16-9(17)4-15/h2-3H,4H2,1H3,(H,16,17). The van der Waals surface area contributed by atoms with Crippen molar-refractivity contribution in [2.24, 2.45) is 0 Å². The molecule has 0 aliphatic heterocycles. The van der Waals surface area contributed by atoms with Gasteiger partial charge in [0, 0.05) is 5.69 Å². The third-order valence-electron chi connectivity index (χ3n) is 2.01. The van der Waals surface area contributed by atoms with Crippen LogP contribution in [0.5, 0.6) is 0 Å². The summed E-state index contributed by atoms with van der Waals surface area (Å²) in [6.07, 6.45) is -4.74. The van der Waals surface area contributed by atoms with Crippen LogP contribution in [0.3, 0.4) is 0 Å². The minimum atomic E-state index is -4.74. The molecule has 0 aliphatic rings. The van der Waals surface area contributed by atoms with E-state index in [-0.39, 0.29) is 15.7 Å². The Balaban J connectivity index is 3.14. The molecule has 1 N–H and O–H groups in total. The van der Waals surface area contributed by atoms with Crippen molar-refractivity contribution in [3.8, 4) is 0 Å². The number of amides is 1. The Labute approximate surface area is 109 Å². The summed E-state index contributed by atoms with van der Waals surface area (Å²) in [5.41, 5.74) is -1.11. The largest absolute Gasteiger partial charge is 0.419 e. The van der Waals surface area contributed by atoms with Crippen molar-refractivity contribution in [2.45, 2.75) is 13.1 Å². The molecule has 0 spiro atoms. The number of benzene rings is 1. The molecule has 1 amide bonds. The van der Waals surface area contributed by atoms with Crippen molar-refractivity contribution in [3.63, 3.8) is 0 Å². The monoisotopic (exact) mass is 361 g/mol. The first kappa shape index (κ1) is 14.2. The van der Waals surface area contributed by atoms with Crippen molar-refractivity contribution in [2.75, 3.05) is 9.74 Å². The molecule has 0 aromatic heterocycles. The summed E-state index contributed by atoms with van der Waals surface area (Å²) in [5, 5.41) is 2.33. The molecular weight excluding hydrogens is 353 g/mol. The number of carbonyl (C=O) groups is 1. The molecule has 0 heterocycles. The Hall–Kier alpha value is -0.860. The van der Waals surface area contributed by atoms with Gasteiger partial charge in [-0.15, -0.1) is 0 Å². The van der Waals surface area contributed by atoms with E-state index in [0.29, 0.717) is 12.1 Å². The Morgan fingerprint density at radius 2 is 2.00 bits per heavy atom. The van der Waals surface area contributed by atoms with Gasteiger partial charge in [-0.2, -0.15) is 13.2 Å². The van der Waals surface area contributed by atoms with Crippen LogP contribution in [0.25, 0.3) is 0 Å². The fourth-order valence-corrected chi connectivity index (χ4v) is 1.41. The molecule has 0 unspecified atom stereocenters. The second-order valence-corrected chi connectivity index (χ2v) is 4.09. The zero-order valence-corrected chi connectivity index (χ0v) is 10.8. The molecule has 94 valence electrons. The zero-order valence-electron chi connectivity index (χ0n) is 8.66. The molecular formula is C10H8F4INO. The highest BCUT2D eigenvalue weighted by molar-refractivity contribution is 14.1. The Morgan fingerprint density at radius 3 is 2.47 bits per heavy atom.